The molecule has 0 saturated heterocycles. The van der Waals surface area contributed by atoms with Gasteiger partial charge in [0, 0.05) is 0 Å². The van der Waals surface area contributed by atoms with Crippen LogP contribution < -0.4 is 10.6 Å². The SMILES string of the molecule is CCOC(=O)CNC(=O)N[C@@H](c1ccccc1)C(C(C)=O)C(C)=O. The minimum absolute atomic E-state index is 0.214. The van der Waals surface area contributed by atoms with E-state index in [1.54, 1.807) is 37.3 Å². The molecule has 0 bridgehead atoms. The summed E-state index contributed by atoms with van der Waals surface area (Å²) in [4.78, 5) is 47.0. The molecular formula is C17H22N2O5. The van der Waals surface area contributed by atoms with Crippen LogP contribution in [0, 0.1) is 5.92 Å². The summed E-state index contributed by atoms with van der Waals surface area (Å²) in [5.74, 6) is -2.26. The molecular weight excluding hydrogens is 312 g/mol. The molecule has 0 saturated carbocycles. The van der Waals surface area contributed by atoms with Gasteiger partial charge in [-0.25, -0.2) is 4.79 Å². The van der Waals surface area contributed by atoms with E-state index in [0.717, 1.165) is 0 Å². The predicted molar refractivity (Wildman–Crippen MR) is 87.2 cm³/mol. The molecule has 1 aromatic rings. The van der Waals surface area contributed by atoms with Crippen molar-refractivity contribution < 1.29 is 23.9 Å². The van der Waals surface area contributed by atoms with E-state index in [1.807, 2.05) is 0 Å². The minimum Gasteiger partial charge on any atom is -0.465 e. The van der Waals surface area contributed by atoms with Crippen LogP contribution in [-0.2, 0) is 19.1 Å². The van der Waals surface area contributed by atoms with Crippen molar-refractivity contribution in [3.8, 4) is 0 Å². The van der Waals surface area contributed by atoms with Gasteiger partial charge in [0.15, 0.2) is 0 Å². The zero-order valence-electron chi connectivity index (χ0n) is 14.0. The average Bonchev–Trinajstić information content (AvgIpc) is 2.52. The topological polar surface area (TPSA) is 102 Å². The number of benzene rings is 1. The Labute approximate surface area is 140 Å². The first-order valence-electron chi connectivity index (χ1n) is 7.62. The first-order chi connectivity index (χ1) is 11.4. The second-order valence-electron chi connectivity index (χ2n) is 5.22. The van der Waals surface area contributed by atoms with Gasteiger partial charge in [-0.15, -0.1) is 0 Å². The van der Waals surface area contributed by atoms with Crippen molar-refractivity contribution in [2.75, 3.05) is 13.2 Å². The number of ketones is 2. The van der Waals surface area contributed by atoms with E-state index in [0.29, 0.717) is 5.56 Å². The summed E-state index contributed by atoms with van der Waals surface area (Å²) in [5.41, 5.74) is 0.624. The average molecular weight is 334 g/mol. The Morgan fingerprint density at radius 3 is 2.12 bits per heavy atom. The van der Waals surface area contributed by atoms with Crippen LogP contribution in [0.4, 0.5) is 4.79 Å². The second kappa shape index (κ2) is 9.44. The molecule has 1 atom stereocenters. The van der Waals surface area contributed by atoms with Gasteiger partial charge >= 0.3 is 12.0 Å². The van der Waals surface area contributed by atoms with Gasteiger partial charge in [-0.2, -0.15) is 0 Å². The Morgan fingerprint density at radius 1 is 1.04 bits per heavy atom. The van der Waals surface area contributed by atoms with E-state index in [9.17, 15) is 19.2 Å². The quantitative estimate of drug-likeness (QED) is 0.552. The Balaban J connectivity index is 2.90. The molecule has 130 valence electrons. The molecule has 1 rings (SSSR count). The van der Waals surface area contributed by atoms with Gasteiger partial charge in [0.25, 0.3) is 0 Å². The fraction of sp³-hybridized carbons (Fsp3) is 0.412. The molecule has 1 aromatic carbocycles. The molecule has 7 nitrogen and oxygen atoms in total. The van der Waals surface area contributed by atoms with Gasteiger partial charge in [-0.1, -0.05) is 30.3 Å². The lowest BCUT2D eigenvalue weighted by Gasteiger charge is -2.25. The number of esters is 1. The Kier molecular flexibility index (Phi) is 7.61. The maximum Gasteiger partial charge on any atom is 0.325 e. The number of hydrogen-bond acceptors (Lipinski definition) is 5. The maximum atomic E-state index is 12.0. The fourth-order valence-corrected chi connectivity index (χ4v) is 2.33. The molecule has 0 fully saturated rings. The number of urea groups is 1. The highest BCUT2D eigenvalue weighted by Crippen LogP contribution is 2.24. The number of amides is 2. The summed E-state index contributed by atoms with van der Waals surface area (Å²) in [6.07, 6.45) is 0. The van der Waals surface area contributed by atoms with Crippen LogP contribution >= 0.6 is 0 Å². The number of carbonyl (C=O) groups excluding carboxylic acids is 4. The van der Waals surface area contributed by atoms with Crippen LogP contribution in [0.25, 0.3) is 0 Å². The lowest BCUT2D eigenvalue weighted by Crippen LogP contribution is -2.45. The van der Waals surface area contributed by atoms with Crippen LogP contribution in [0.15, 0.2) is 30.3 Å². The summed E-state index contributed by atoms with van der Waals surface area (Å²) >= 11 is 0. The molecule has 0 radical (unpaired) electrons. The fourth-order valence-electron chi connectivity index (χ4n) is 2.33. The van der Waals surface area contributed by atoms with Crippen molar-refractivity contribution >= 4 is 23.6 Å². The van der Waals surface area contributed by atoms with Crippen LogP contribution in [0.5, 0.6) is 0 Å². The van der Waals surface area contributed by atoms with Crippen molar-refractivity contribution in [1.29, 1.82) is 0 Å². The van der Waals surface area contributed by atoms with Crippen LogP contribution in [0.3, 0.4) is 0 Å². The highest BCUT2D eigenvalue weighted by molar-refractivity contribution is 6.01. The molecule has 0 aliphatic rings. The lowest BCUT2D eigenvalue weighted by atomic mass is 9.87. The third-order valence-corrected chi connectivity index (χ3v) is 3.35. The number of ether oxygens (including phenoxy) is 1. The van der Waals surface area contributed by atoms with E-state index < -0.39 is 24.0 Å². The van der Waals surface area contributed by atoms with Gasteiger partial charge in [0.2, 0.25) is 0 Å². The number of Topliss-reactive ketones (excluding diaryl/α,β-unsaturated/α-hetero) is 2. The molecule has 0 aliphatic carbocycles. The van der Waals surface area contributed by atoms with Crippen molar-refractivity contribution in [1.82, 2.24) is 10.6 Å². The summed E-state index contributed by atoms with van der Waals surface area (Å²) < 4.78 is 4.72. The van der Waals surface area contributed by atoms with Gasteiger partial charge in [-0.05, 0) is 26.3 Å². The largest absolute Gasteiger partial charge is 0.465 e. The third kappa shape index (κ3) is 5.83. The molecule has 2 N–H and O–H groups in total. The summed E-state index contributed by atoms with van der Waals surface area (Å²) in [6.45, 7) is 4.19. The summed E-state index contributed by atoms with van der Waals surface area (Å²) in [6, 6.07) is 7.24. The maximum absolute atomic E-state index is 12.0. The van der Waals surface area contributed by atoms with Crippen molar-refractivity contribution in [3.05, 3.63) is 35.9 Å². The van der Waals surface area contributed by atoms with Gasteiger partial charge in [-0.3, -0.25) is 14.4 Å². The van der Waals surface area contributed by atoms with Crippen LogP contribution in [0.2, 0.25) is 0 Å². The van der Waals surface area contributed by atoms with Gasteiger partial charge < -0.3 is 15.4 Å². The second-order valence-corrected chi connectivity index (χ2v) is 5.22. The normalized spacial score (nSPS) is 11.5. The number of rotatable bonds is 8. The Morgan fingerprint density at radius 2 is 1.62 bits per heavy atom. The Bertz CT molecular complexity index is 586. The monoisotopic (exact) mass is 334 g/mol. The van der Waals surface area contributed by atoms with Crippen molar-refractivity contribution in [2.24, 2.45) is 5.92 Å². The zero-order chi connectivity index (χ0) is 18.1. The molecule has 2 amide bonds. The number of carbonyl (C=O) groups is 4. The summed E-state index contributed by atoms with van der Waals surface area (Å²) in [7, 11) is 0. The minimum atomic E-state index is -0.999. The van der Waals surface area contributed by atoms with Crippen molar-refractivity contribution in [3.63, 3.8) is 0 Å². The Hall–Kier alpha value is -2.70. The van der Waals surface area contributed by atoms with Crippen LogP contribution in [0.1, 0.15) is 32.4 Å². The van der Waals surface area contributed by atoms with Gasteiger partial charge in [0.1, 0.15) is 24.0 Å². The molecule has 24 heavy (non-hydrogen) atoms. The third-order valence-electron chi connectivity index (χ3n) is 3.35. The molecule has 7 heteroatoms. The van der Waals surface area contributed by atoms with Crippen molar-refractivity contribution in [2.45, 2.75) is 26.8 Å². The number of nitrogens with one attached hydrogen (secondary N) is 2. The van der Waals surface area contributed by atoms with E-state index >= 15 is 0 Å². The zero-order valence-corrected chi connectivity index (χ0v) is 14.0. The molecule has 0 unspecified atom stereocenters. The first kappa shape index (κ1) is 19.3. The molecule has 0 aromatic heterocycles. The van der Waals surface area contributed by atoms with E-state index in [4.69, 9.17) is 4.74 Å². The van der Waals surface area contributed by atoms with E-state index in [2.05, 4.69) is 10.6 Å². The van der Waals surface area contributed by atoms with Gasteiger partial charge in [0.05, 0.1) is 12.6 Å². The highest BCUT2D eigenvalue weighted by Gasteiger charge is 2.32. The molecule has 0 aliphatic heterocycles. The lowest BCUT2D eigenvalue weighted by molar-refractivity contribution is -0.142. The molecule has 0 heterocycles. The van der Waals surface area contributed by atoms with E-state index in [-0.39, 0.29) is 24.7 Å². The summed E-state index contributed by atoms with van der Waals surface area (Å²) in [5, 5.41) is 4.95. The first-order valence-corrected chi connectivity index (χ1v) is 7.62. The van der Waals surface area contributed by atoms with Crippen LogP contribution in [-0.4, -0.2) is 36.7 Å². The predicted octanol–water partition coefficient (Wildman–Crippen LogP) is 1.38. The smallest absolute Gasteiger partial charge is 0.325 e. The van der Waals surface area contributed by atoms with E-state index in [1.165, 1.54) is 13.8 Å². The number of hydrogen-bond donors (Lipinski definition) is 2. The highest BCUT2D eigenvalue weighted by atomic mass is 16.5. The standard InChI is InChI=1S/C17H22N2O5/c1-4-24-14(22)10-18-17(23)19-16(13-8-6-5-7-9-13)15(11(2)20)12(3)21/h5-9,15-16H,4,10H2,1-3H3,(H2,18,19,23)/t16-/m0/s1. The molecule has 0 spiro atoms.